The number of carbonyl (C=O) groups excluding carboxylic acids is 1. The first-order valence-electron chi connectivity index (χ1n) is 7.37. The van der Waals surface area contributed by atoms with E-state index in [2.05, 4.69) is 30.5 Å². The fraction of sp³-hybridized carbons (Fsp3) is 0.222. The Morgan fingerprint density at radius 3 is 2.22 bits per heavy atom. The second-order valence-electron chi connectivity index (χ2n) is 5.36. The summed E-state index contributed by atoms with van der Waals surface area (Å²) in [5.41, 5.74) is 3.18. The maximum Gasteiger partial charge on any atom is 0.339 e. The van der Waals surface area contributed by atoms with Gasteiger partial charge >= 0.3 is 5.97 Å². The number of ether oxygens (including phenoxy) is 1. The minimum absolute atomic E-state index is 0.379. The number of hydrogen-bond donors (Lipinski definition) is 2. The number of carbonyl (C=O) groups is 1. The predicted octanol–water partition coefficient (Wildman–Crippen LogP) is 4.41. The molecule has 0 bridgehead atoms. The molecule has 0 saturated heterocycles. The molecule has 0 atom stereocenters. The highest BCUT2D eigenvalue weighted by Gasteiger charge is 2.13. The van der Waals surface area contributed by atoms with Gasteiger partial charge in [-0.15, -0.1) is 0 Å². The Labute approximate surface area is 141 Å². The van der Waals surface area contributed by atoms with Gasteiger partial charge in [0, 0.05) is 5.69 Å². The van der Waals surface area contributed by atoms with Crippen LogP contribution in [0.3, 0.4) is 0 Å². The van der Waals surface area contributed by atoms with Crippen LogP contribution in [-0.2, 0) is 4.74 Å². The van der Waals surface area contributed by atoms with Crippen molar-refractivity contribution in [3.8, 4) is 0 Å². The maximum atomic E-state index is 11.8. The normalized spacial score (nSPS) is 10.3. The molecule has 0 amide bonds. The SMILES string of the molecule is COC(=O)c1ccccc1NC(=S)Nc1ccccc1C(C)C. The molecule has 2 rings (SSSR count). The van der Waals surface area contributed by atoms with Crippen molar-refractivity contribution < 1.29 is 9.53 Å². The van der Waals surface area contributed by atoms with Crippen LogP contribution in [0.25, 0.3) is 0 Å². The summed E-state index contributed by atoms with van der Waals surface area (Å²) in [7, 11) is 1.36. The van der Waals surface area contributed by atoms with E-state index < -0.39 is 5.97 Å². The Kier molecular flexibility index (Phi) is 5.71. The third-order valence-corrected chi connectivity index (χ3v) is 3.62. The van der Waals surface area contributed by atoms with Gasteiger partial charge in [0.1, 0.15) is 0 Å². The Morgan fingerprint density at radius 2 is 1.57 bits per heavy atom. The van der Waals surface area contributed by atoms with Crippen LogP contribution in [0.5, 0.6) is 0 Å². The molecule has 0 spiro atoms. The summed E-state index contributed by atoms with van der Waals surface area (Å²) in [6.45, 7) is 4.26. The quantitative estimate of drug-likeness (QED) is 0.643. The van der Waals surface area contributed by atoms with Crippen LogP contribution >= 0.6 is 12.2 Å². The van der Waals surface area contributed by atoms with Gasteiger partial charge in [-0.2, -0.15) is 0 Å². The fourth-order valence-corrected chi connectivity index (χ4v) is 2.49. The van der Waals surface area contributed by atoms with Crippen molar-refractivity contribution in [2.24, 2.45) is 0 Å². The van der Waals surface area contributed by atoms with Crippen LogP contribution in [0.4, 0.5) is 11.4 Å². The highest BCUT2D eigenvalue weighted by Crippen LogP contribution is 2.24. The van der Waals surface area contributed by atoms with E-state index in [-0.39, 0.29) is 0 Å². The molecule has 4 nitrogen and oxygen atoms in total. The number of esters is 1. The van der Waals surface area contributed by atoms with Gasteiger partial charge in [0.05, 0.1) is 18.4 Å². The average Bonchev–Trinajstić information content (AvgIpc) is 2.55. The molecular formula is C18H20N2O2S. The highest BCUT2D eigenvalue weighted by atomic mass is 32.1. The molecule has 0 aliphatic rings. The number of para-hydroxylation sites is 2. The number of rotatable bonds is 4. The lowest BCUT2D eigenvalue weighted by molar-refractivity contribution is 0.0602. The van der Waals surface area contributed by atoms with Crippen LogP contribution in [0.1, 0.15) is 35.7 Å². The summed E-state index contributed by atoms with van der Waals surface area (Å²) < 4.78 is 4.78. The molecule has 0 aromatic heterocycles. The molecule has 0 aliphatic heterocycles. The molecule has 23 heavy (non-hydrogen) atoms. The van der Waals surface area contributed by atoms with Crippen molar-refractivity contribution in [3.05, 3.63) is 59.7 Å². The molecule has 0 radical (unpaired) electrons. The van der Waals surface area contributed by atoms with Crippen LogP contribution in [0.2, 0.25) is 0 Å². The zero-order valence-corrected chi connectivity index (χ0v) is 14.2. The van der Waals surface area contributed by atoms with Crippen molar-refractivity contribution in [2.75, 3.05) is 17.7 Å². The van der Waals surface area contributed by atoms with E-state index in [1.54, 1.807) is 18.2 Å². The Bertz CT molecular complexity index is 714. The summed E-state index contributed by atoms with van der Waals surface area (Å²) in [5, 5.41) is 6.68. The van der Waals surface area contributed by atoms with Crippen molar-refractivity contribution >= 4 is 34.7 Å². The summed E-state index contributed by atoms with van der Waals surface area (Å²) in [6.07, 6.45) is 0. The number of methoxy groups -OCH3 is 1. The van der Waals surface area contributed by atoms with E-state index in [1.807, 2.05) is 24.3 Å². The Balaban J connectivity index is 2.17. The number of thiocarbonyl (C=S) groups is 1. The molecule has 0 unspecified atom stereocenters. The third kappa shape index (κ3) is 4.29. The minimum atomic E-state index is -0.404. The van der Waals surface area contributed by atoms with E-state index in [0.717, 1.165) is 5.69 Å². The zero-order chi connectivity index (χ0) is 16.8. The molecule has 0 heterocycles. The summed E-state index contributed by atoms with van der Waals surface area (Å²) in [4.78, 5) is 11.8. The van der Waals surface area contributed by atoms with E-state index in [9.17, 15) is 4.79 Å². The second-order valence-corrected chi connectivity index (χ2v) is 5.77. The second kappa shape index (κ2) is 7.74. The topological polar surface area (TPSA) is 50.4 Å². The first kappa shape index (κ1) is 17.0. The van der Waals surface area contributed by atoms with Gasteiger partial charge in [0.25, 0.3) is 0 Å². The first-order valence-corrected chi connectivity index (χ1v) is 7.78. The minimum Gasteiger partial charge on any atom is -0.465 e. The van der Waals surface area contributed by atoms with Gasteiger partial charge in [-0.3, -0.25) is 0 Å². The van der Waals surface area contributed by atoms with Gasteiger partial charge in [-0.05, 0) is 41.9 Å². The van der Waals surface area contributed by atoms with Gasteiger partial charge in [0.15, 0.2) is 5.11 Å². The third-order valence-electron chi connectivity index (χ3n) is 3.41. The number of anilines is 2. The summed E-state index contributed by atoms with van der Waals surface area (Å²) >= 11 is 5.37. The van der Waals surface area contributed by atoms with Crippen LogP contribution in [0, 0.1) is 0 Å². The zero-order valence-electron chi connectivity index (χ0n) is 13.4. The largest absolute Gasteiger partial charge is 0.465 e. The van der Waals surface area contributed by atoms with E-state index in [4.69, 9.17) is 17.0 Å². The Hall–Kier alpha value is -2.40. The molecule has 2 N–H and O–H groups in total. The maximum absolute atomic E-state index is 11.8. The molecule has 0 saturated carbocycles. The van der Waals surface area contributed by atoms with Crippen molar-refractivity contribution in [1.82, 2.24) is 0 Å². The monoisotopic (exact) mass is 328 g/mol. The summed E-state index contributed by atoms with van der Waals surface area (Å²) in [5.74, 6) is -0.0256. The molecule has 0 fully saturated rings. The van der Waals surface area contributed by atoms with Gasteiger partial charge in [-0.25, -0.2) is 4.79 Å². The molecule has 2 aromatic rings. The molecule has 2 aromatic carbocycles. The number of benzene rings is 2. The number of nitrogens with one attached hydrogen (secondary N) is 2. The van der Waals surface area contributed by atoms with Crippen LogP contribution < -0.4 is 10.6 Å². The average molecular weight is 328 g/mol. The van der Waals surface area contributed by atoms with Gasteiger partial charge < -0.3 is 15.4 Å². The van der Waals surface area contributed by atoms with E-state index in [1.165, 1.54) is 12.7 Å². The van der Waals surface area contributed by atoms with Crippen LogP contribution in [0.15, 0.2) is 48.5 Å². The first-order chi connectivity index (χ1) is 11.0. The molecule has 0 aliphatic carbocycles. The molecule has 5 heteroatoms. The highest BCUT2D eigenvalue weighted by molar-refractivity contribution is 7.80. The van der Waals surface area contributed by atoms with Crippen molar-refractivity contribution in [1.29, 1.82) is 0 Å². The molecule has 120 valence electrons. The van der Waals surface area contributed by atoms with Gasteiger partial charge in [-0.1, -0.05) is 44.2 Å². The van der Waals surface area contributed by atoms with E-state index in [0.29, 0.717) is 22.3 Å². The molecular weight excluding hydrogens is 308 g/mol. The van der Waals surface area contributed by atoms with Crippen molar-refractivity contribution in [3.63, 3.8) is 0 Å². The van der Waals surface area contributed by atoms with Crippen molar-refractivity contribution in [2.45, 2.75) is 19.8 Å². The lowest BCUT2D eigenvalue weighted by Crippen LogP contribution is -2.21. The summed E-state index contributed by atoms with van der Waals surface area (Å²) in [6, 6.07) is 15.1. The van der Waals surface area contributed by atoms with Crippen LogP contribution in [-0.4, -0.2) is 18.2 Å². The fourth-order valence-electron chi connectivity index (χ4n) is 2.27. The lowest BCUT2D eigenvalue weighted by atomic mass is 10.0. The van der Waals surface area contributed by atoms with E-state index >= 15 is 0 Å². The lowest BCUT2D eigenvalue weighted by Gasteiger charge is -2.17. The predicted molar refractivity (Wildman–Crippen MR) is 98.2 cm³/mol. The Morgan fingerprint density at radius 1 is 1.00 bits per heavy atom. The number of hydrogen-bond acceptors (Lipinski definition) is 3. The smallest absolute Gasteiger partial charge is 0.339 e. The van der Waals surface area contributed by atoms with Gasteiger partial charge in [0.2, 0.25) is 0 Å². The standard InChI is InChI=1S/C18H20N2O2S/c1-12(2)13-8-4-6-10-15(13)19-18(23)20-16-11-7-5-9-14(16)17(21)22-3/h4-12H,1-3H3,(H2,19,20,23).